The second-order valence-electron chi connectivity index (χ2n) is 10.2. The lowest BCUT2D eigenvalue weighted by Gasteiger charge is -2.33. The largest absolute Gasteiger partial charge is 0.496 e. The summed E-state index contributed by atoms with van der Waals surface area (Å²) in [7, 11) is -1.32. The first-order valence-electron chi connectivity index (χ1n) is 13.9. The van der Waals surface area contributed by atoms with Crippen LogP contribution in [0.3, 0.4) is 0 Å². The van der Waals surface area contributed by atoms with Crippen LogP contribution in [0.25, 0.3) is 0 Å². The first-order valence-corrected chi connectivity index (χ1v) is 16.9. The molecule has 236 valence electrons. The maximum Gasteiger partial charge on any atom is 0.264 e. The van der Waals surface area contributed by atoms with Crippen molar-refractivity contribution in [3.8, 4) is 5.75 Å². The van der Waals surface area contributed by atoms with E-state index in [1.807, 2.05) is 37.3 Å². The monoisotopic (exact) mass is 731 g/mol. The summed E-state index contributed by atoms with van der Waals surface area (Å²) < 4.78 is 35.2. The van der Waals surface area contributed by atoms with Crippen molar-refractivity contribution in [2.24, 2.45) is 0 Å². The molecule has 0 aromatic heterocycles. The molecule has 0 aliphatic rings. The Bertz CT molecular complexity index is 1770. The molecule has 4 rings (SSSR count). The normalized spacial score (nSPS) is 11.9. The van der Waals surface area contributed by atoms with E-state index in [0.717, 1.165) is 15.4 Å². The van der Waals surface area contributed by atoms with Crippen molar-refractivity contribution >= 4 is 66.7 Å². The van der Waals surface area contributed by atoms with Crippen molar-refractivity contribution in [1.29, 1.82) is 0 Å². The first-order chi connectivity index (χ1) is 21.4. The number of halogens is 3. The van der Waals surface area contributed by atoms with Crippen LogP contribution in [0, 0.1) is 6.92 Å². The number of amides is 2. The van der Waals surface area contributed by atoms with Crippen molar-refractivity contribution in [3.05, 3.63) is 122 Å². The van der Waals surface area contributed by atoms with Crippen LogP contribution in [0.15, 0.2) is 100 Å². The zero-order valence-corrected chi connectivity index (χ0v) is 28.8. The topological polar surface area (TPSA) is 96.0 Å². The average molecular weight is 734 g/mol. The highest BCUT2D eigenvalue weighted by Gasteiger charge is 2.35. The van der Waals surface area contributed by atoms with Crippen LogP contribution in [0.2, 0.25) is 10.0 Å². The molecule has 0 saturated heterocycles. The molecule has 1 N–H and O–H groups in total. The first kappa shape index (κ1) is 34.3. The minimum absolute atomic E-state index is 0.0528. The minimum Gasteiger partial charge on any atom is -0.496 e. The summed E-state index contributed by atoms with van der Waals surface area (Å²) in [4.78, 5) is 29.1. The zero-order chi connectivity index (χ0) is 32.7. The van der Waals surface area contributed by atoms with Crippen LogP contribution < -0.4 is 14.4 Å². The predicted molar refractivity (Wildman–Crippen MR) is 181 cm³/mol. The highest BCUT2D eigenvalue weighted by Crippen LogP contribution is 2.31. The molecule has 0 radical (unpaired) electrons. The molecule has 4 aromatic rings. The summed E-state index contributed by atoms with van der Waals surface area (Å²) >= 11 is 16.0. The molecule has 4 aromatic carbocycles. The van der Waals surface area contributed by atoms with Gasteiger partial charge in [-0.25, -0.2) is 8.42 Å². The number of likely N-dealkylation sites (N-methyl/N-ethyl adjacent to an activating group) is 1. The Kier molecular flexibility index (Phi) is 11.5. The Morgan fingerprint density at radius 2 is 1.64 bits per heavy atom. The van der Waals surface area contributed by atoms with Gasteiger partial charge in [0.05, 0.1) is 22.2 Å². The molecule has 1 unspecified atom stereocenters. The predicted octanol–water partition coefficient (Wildman–Crippen LogP) is 6.65. The molecule has 0 spiro atoms. The van der Waals surface area contributed by atoms with Gasteiger partial charge in [0.25, 0.3) is 10.0 Å². The third-order valence-corrected chi connectivity index (χ3v) is 10.2. The summed E-state index contributed by atoms with van der Waals surface area (Å²) in [6, 6.07) is 24.3. The Morgan fingerprint density at radius 1 is 0.956 bits per heavy atom. The minimum atomic E-state index is -4.28. The third kappa shape index (κ3) is 8.38. The molecule has 0 heterocycles. The molecule has 8 nitrogen and oxygen atoms in total. The number of ether oxygens (including phenoxy) is 1. The Labute approximate surface area is 282 Å². The SMILES string of the molecule is CNC(=O)C(Cc1ccccc1)N(Cc1ccc(Cl)cc1Cl)C(=O)CN(c1ccc(C)cc1)S(=O)(=O)c1ccc(OC)c(Br)c1. The van der Waals surface area contributed by atoms with Crippen molar-refractivity contribution in [3.63, 3.8) is 0 Å². The number of hydrogen-bond acceptors (Lipinski definition) is 5. The number of aryl methyl sites for hydroxylation is 1. The van der Waals surface area contributed by atoms with Crippen molar-refractivity contribution in [1.82, 2.24) is 10.2 Å². The summed E-state index contributed by atoms with van der Waals surface area (Å²) in [6.45, 7) is 1.21. The van der Waals surface area contributed by atoms with Crippen molar-refractivity contribution in [2.75, 3.05) is 25.0 Å². The fraction of sp³-hybridized carbons (Fsp3) is 0.212. The molecular weight excluding hydrogens is 701 g/mol. The molecule has 0 aliphatic heterocycles. The number of carbonyl (C=O) groups is 2. The van der Waals surface area contributed by atoms with Crippen LogP contribution in [-0.4, -0.2) is 51.9 Å². The lowest BCUT2D eigenvalue weighted by molar-refractivity contribution is -0.139. The summed E-state index contributed by atoms with van der Waals surface area (Å²) in [5.41, 5.74) is 2.55. The van der Waals surface area contributed by atoms with E-state index in [1.54, 1.807) is 42.5 Å². The zero-order valence-electron chi connectivity index (χ0n) is 24.8. The second-order valence-corrected chi connectivity index (χ2v) is 13.8. The lowest BCUT2D eigenvalue weighted by atomic mass is 10.0. The van der Waals surface area contributed by atoms with Crippen LogP contribution in [0.1, 0.15) is 16.7 Å². The number of nitrogens with zero attached hydrogens (tertiary/aromatic N) is 2. The molecule has 1 atom stereocenters. The second kappa shape index (κ2) is 15.1. The Morgan fingerprint density at radius 3 is 2.24 bits per heavy atom. The summed E-state index contributed by atoms with van der Waals surface area (Å²) in [5, 5.41) is 3.38. The van der Waals surface area contributed by atoms with E-state index in [4.69, 9.17) is 27.9 Å². The molecule has 0 saturated carbocycles. The number of anilines is 1. The maximum atomic E-state index is 14.4. The van der Waals surface area contributed by atoms with Gasteiger partial charge in [0, 0.05) is 30.1 Å². The Hall–Kier alpha value is -3.57. The van der Waals surface area contributed by atoms with E-state index in [2.05, 4.69) is 21.2 Å². The number of hydrogen-bond donors (Lipinski definition) is 1. The van der Waals surface area contributed by atoms with Gasteiger partial charge >= 0.3 is 0 Å². The number of carbonyl (C=O) groups excluding carboxylic acids is 2. The number of rotatable bonds is 12. The van der Waals surface area contributed by atoms with E-state index in [0.29, 0.717) is 25.8 Å². The van der Waals surface area contributed by atoms with E-state index in [9.17, 15) is 18.0 Å². The number of nitrogens with one attached hydrogen (secondary N) is 1. The summed E-state index contributed by atoms with van der Waals surface area (Å²) in [6.07, 6.45) is 0.181. The lowest BCUT2D eigenvalue weighted by Crippen LogP contribution is -2.53. The van der Waals surface area contributed by atoms with Gasteiger partial charge in [-0.3, -0.25) is 13.9 Å². The number of methoxy groups -OCH3 is 1. The van der Waals surface area contributed by atoms with E-state index in [-0.39, 0.29) is 23.5 Å². The standard InChI is InChI=1S/C33H32BrCl2N3O5S/c1-22-9-13-26(14-10-22)39(45(42,43)27-15-16-31(44-3)28(34)19-27)21-32(40)38(20-24-11-12-25(35)18-29(24)36)30(33(41)37-2)17-23-7-5-4-6-8-23/h4-16,18-19,30H,17,20-21H2,1-3H3,(H,37,41). The van der Waals surface area contributed by atoms with Gasteiger partial charge in [-0.2, -0.15) is 0 Å². The smallest absolute Gasteiger partial charge is 0.264 e. The average Bonchev–Trinajstić information content (AvgIpc) is 3.02. The van der Waals surface area contributed by atoms with Crippen LogP contribution >= 0.6 is 39.1 Å². The molecule has 45 heavy (non-hydrogen) atoms. The molecule has 2 amide bonds. The van der Waals surface area contributed by atoms with Crippen molar-refractivity contribution < 1.29 is 22.7 Å². The van der Waals surface area contributed by atoms with Crippen LogP contribution in [-0.2, 0) is 32.6 Å². The van der Waals surface area contributed by atoms with Gasteiger partial charge < -0.3 is 15.0 Å². The van der Waals surface area contributed by atoms with Gasteiger partial charge in [-0.05, 0) is 76.4 Å². The number of sulfonamides is 1. The van der Waals surface area contributed by atoms with Gasteiger partial charge in [0.15, 0.2) is 0 Å². The highest BCUT2D eigenvalue weighted by molar-refractivity contribution is 9.10. The molecular formula is C33H32BrCl2N3O5S. The van der Waals surface area contributed by atoms with Gasteiger partial charge in [-0.15, -0.1) is 0 Å². The maximum absolute atomic E-state index is 14.4. The fourth-order valence-corrected chi connectivity index (χ4v) is 7.33. The van der Waals surface area contributed by atoms with Crippen LogP contribution in [0.5, 0.6) is 5.75 Å². The highest BCUT2D eigenvalue weighted by atomic mass is 79.9. The molecule has 0 bridgehead atoms. The van der Waals surface area contributed by atoms with Gasteiger partial charge in [0.1, 0.15) is 18.3 Å². The van der Waals surface area contributed by atoms with Gasteiger partial charge in [0.2, 0.25) is 11.8 Å². The fourth-order valence-electron chi connectivity index (χ4n) is 4.73. The van der Waals surface area contributed by atoms with E-state index in [1.165, 1.54) is 37.3 Å². The van der Waals surface area contributed by atoms with Crippen LogP contribution in [0.4, 0.5) is 5.69 Å². The van der Waals surface area contributed by atoms with Crippen molar-refractivity contribution in [2.45, 2.75) is 30.8 Å². The quantitative estimate of drug-likeness (QED) is 0.176. The molecule has 0 aliphatic carbocycles. The Balaban J connectivity index is 1.81. The van der Waals surface area contributed by atoms with E-state index < -0.39 is 34.4 Å². The van der Waals surface area contributed by atoms with E-state index >= 15 is 0 Å². The molecule has 0 fully saturated rings. The third-order valence-electron chi connectivity index (χ3n) is 7.19. The molecule has 12 heteroatoms. The number of benzene rings is 4. The van der Waals surface area contributed by atoms with Gasteiger partial charge in [-0.1, -0.05) is 77.3 Å². The summed E-state index contributed by atoms with van der Waals surface area (Å²) in [5.74, 6) is -0.573.